The summed E-state index contributed by atoms with van der Waals surface area (Å²) in [7, 11) is 0. The molecular formula is C16H19NO2. The third-order valence-electron chi connectivity index (χ3n) is 2.57. The molecule has 3 heteroatoms. The summed E-state index contributed by atoms with van der Waals surface area (Å²) < 4.78 is 11.4. The number of aryl methyl sites for hydroxylation is 1. The molecule has 0 aliphatic heterocycles. The monoisotopic (exact) mass is 257 g/mol. The molecule has 19 heavy (non-hydrogen) atoms. The van der Waals surface area contributed by atoms with Crippen molar-refractivity contribution in [2.24, 2.45) is 0 Å². The van der Waals surface area contributed by atoms with Crippen LogP contribution in [0.3, 0.4) is 0 Å². The minimum absolute atomic E-state index is 0.0801. The maximum atomic E-state index is 5.87. The van der Waals surface area contributed by atoms with Gasteiger partial charge in [0, 0.05) is 6.07 Å². The number of nitrogen functional groups attached to an aromatic ring is 1. The van der Waals surface area contributed by atoms with E-state index in [1.807, 2.05) is 57.2 Å². The van der Waals surface area contributed by atoms with Gasteiger partial charge in [0.05, 0.1) is 11.8 Å². The molecule has 2 rings (SSSR count). The van der Waals surface area contributed by atoms with Crippen molar-refractivity contribution < 1.29 is 9.47 Å². The number of rotatable bonds is 4. The van der Waals surface area contributed by atoms with Crippen molar-refractivity contribution >= 4 is 5.69 Å². The Hall–Kier alpha value is -2.16. The van der Waals surface area contributed by atoms with Crippen LogP contribution in [0.4, 0.5) is 5.69 Å². The average Bonchev–Trinajstić information content (AvgIpc) is 2.33. The summed E-state index contributed by atoms with van der Waals surface area (Å²) in [6, 6.07) is 13.4. The predicted molar refractivity (Wildman–Crippen MR) is 77.9 cm³/mol. The Morgan fingerprint density at radius 2 is 1.74 bits per heavy atom. The first kappa shape index (κ1) is 13.3. The molecule has 0 atom stereocenters. The van der Waals surface area contributed by atoms with E-state index in [0.717, 1.165) is 17.1 Å². The molecule has 0 unspecified atom stereocenters. The largest absolute Gasteiger partial charge is 0.489 e. The highest BCUT2D eigenvalue weighted by Crippen LogP contribution is 2.30. The number of ether oxygens (including phenoxy) is 2. The fourth-order valence-corrected chi connectivity index (χ4v) is 1.75. The maximum Gasteiger partial charge on any atom is 0.146 e. The highest BCUT2D eigenvalue weighted by molar-refractivity contribution is 5.56. The Morgan fingerprint density at radius 1 is 1.00 bits per heavy atom. The maximum absolute atomic E-state index is 5.87. The molecule has 0 saturated heterocycles. The van der Waals surface area contributed by atoms with Gasteiger partial charge in [-0.05, 0) is 50.6 Å². The first-order valence-electron chi connectivity index (χ1n) is 6.35. The van der Waals surface area contributed by atoms with Crippen molar-refractivity contribution in [3.05, 3.63) is 48.0 Å². The topological polar surface area (TPSA) is 44.5 Å². The first-order valence-corrected chi connectivity index (χ1v) is 6.35. The minimum atomic E-state index is 0.0801. The fraction of sp³-hybridized carbons (Fsp3) is 0.250. The second-order valence-electron chi connectivity index (χ2n) is 4.78. The zero-order valence-electron chi connectivity index (χ0n) is 11.5. The molecule has 2 N–H and O–H groups in total. The molecule has 0 spiro atoms. The molecule has 0 aliphatic carbocycles. The van der Waals surface area contributed by atoms with Crippen molar-refractivity contribution in [3.63, 3.8) is 0 Å². The molecule has 2 aromatic carbocycles. The molecule has 0 fully saturated rings. The first-order chi connectivity index (χ1) is 9.04. The smallest absolute Gasteiger partial charge is 0.146 e. The van der Waals surface area contributed by atoms with Gasteiger partial charge in [0.2, 0.25) is 0 Å². The molecule has 0 heterocycles. The van der Waals surface area contributed by atoms with E-state index < -0.39 is 0 Å². The number of benzene rings is 2. The van der Waals surface area contributed by atoms with Crippen LogP contribution in [0.1, 0.15) is 19.4 Å². The van der Waals surface area contributed by atoms with Crippen LogP contribution in [-0.4, -0.2) is 6.10 Å². The van der Waals surface area contributed by atoms with E-state index in [2.05, 4.69) is 0 Å². The fourth-order valence-electron chi connectivity index (χ4n) is 1.75. The number of hydrogen-bond donors (Lipinski definition) is 1. The van der Waals surface area contributed by atoms with Crippen molar-refractivity contribution in [1.82, 2.24) is 0 Å². The number of nitrogens with two attached hydrogens (primary N) is 1. The SMILES string of the molecule is Cc1cccc(Oc2ccc(N)c(OC(C)C)c2)c1. The van der Waals surface area contributed by atoms with Crippen molar-refractivity contribution in [2.75, 3.05) is 5.73 Å². The second kappa shape index (κ2) is 5.65. The van der Waals surface area contributed by atoms with Gasteiger partial charge in [-0.25, -0.2) is 0 Å². The van der Waals surface area contributed by atoms with Crippen LogP contribution in [0.5, 0.6) is 17.2 Å². The van der Waals surface area contributed by atoms with Gasteiger partial charge in [0.1, 0.15) is 17.2 Å². The summed E-state index contributed by atoms with van der Waals surface area (Å²) in [6.07, 6.45) is 0.0801. The van der Waals surface area contributed by atoms with Gasteiger partial charge in [-0.2, -0.15) is 0 Å². The Balaban J connectivity index is 2.21. The highest BCUT2D eigenvalue weighted by Gasteiger charge is 2.06. The zero-order chi connectivity index (χ0) is 13.8. The van der Waals surface area contributed by atoms with Crippen molar-refractivity contribution in [2.45, 2.75) is 26.9 Å². The van der Waals surface area contributed by atoms with Crippen molar-refractivity contribution in [1.29, 1.82) is 0 Å². The number of hydrogen-bond acceptors (Lipinski definition) is 3. The second-order valence-corrected chi connectivity index (χ2v) is 4.78. The van der Waals surface area contributed by atoms with E-state index in [1.54, 1.807) is 6.07 Å². The molecule has 0 aromatic heterocycles. The molecule has 100 valence electrons. The van der Waals surface area contributed by atoms with E-state index in [1.165, 1.54) is 0 Å². The van der Waals surface area contributed by atoms with Crippen LogP contribution in [0.2, 0.25) is 0 Å². The third-order valence-corrected chi connectivity index (χ3v) is 2.57. The van der Waals surface area contributed by atoms with Crippen LogP contribution in [0.25, 0.3) is 0 Å². The molecule has 0 radical (unpaired) electrons. The standard InChI is InChI=1S/C16H19NO2/c1-11(2)18-16-10-14(7-8-15(16)17)19-13-6-4-5-12(3)9-13/h4-11H,17H2,1-3H3. The highest BCUT2D eigenvalue weighted by atomic mass is 16.5. The molecule has 3 nitrogen and oxygen atoms in total. The lowest BCUT2D eigenvalue weighted by Gasteiger charge is -2.14. The molecule has 0 saturated carbocycles. The van der Waals surface area contributed by atoms with E-state index in [4.69, 9.17) is 15.2 Å². The summed E-state index contributed by atoms with van der Waals surface area (Å²) >= 11 is 0. The Bertz CT molecular complexity index is 564. The van der Waals surface area contributed by atoms with E-state index in [9.17, 15) is 0 Å². The molecule has 0 aliphatic rings. The third kappa shape index (κ3) is 3.65. The van der Waals surface area contributed by atoms with E-state index in [0.29, 0.717) is 11.4 Å². The molecule has 2 aromatic rings. The van der Waals surface area contributed by atoms with Gasteiger partial charge in [-0.3, -0.25) is 0 Å². The Kier molecular flexibility index (Phi) is 3.95. The van der Waals surface area contributed by atoms with Gasteiger partial charge in [0.25, 0.3) is 0 Å². The lowest BCUT2D eigenvalue weighted by Crippen LogP contribution is -2.07. The summed E-state index contributed by atoms with van der Waals surface area (Å²) in [5.74, 6) is 2.18. The van der Waals surface area contributed by atoms with Gasteiger partial charge >= 0.3 is 0 Å². The molecule has 0 bridgehead atoms. The summed E-state index contributed by atoms with van der Waals surface area (Å²) in [4.78, 5) is 0. The van der Waals surface area contributed by atoms with Crippen LogP contribution in [0.15, 0.2) is 42.5 Å². The van der Waals surface area contributed by atoms with Gasteiger partial charge in [-0.1, -0.05) is 12.1 Å². The Labute approximate surface area is 114 Å². The summed E-state index contributed by atoms with van der Waals surface area (Å²) in [5.41, 5.74) is 7.65. The van der Waals surface area contributed by atoms with Crippen molar-refractivity contribution in [3.8, 4) is 17.2 Å². The lowest BCUT2D eigenvalue weighted by molar-refractivity contribution is 0.243. The number of anilines is 1. The van der Waals surface area contributed by atoms with Crippen LogP contribution < -0.4 is 15.2 Å². The van der Waals surface area contributed by atoms with E-state index >= 15 is 0 Å². The average molecular weight is 257 g/mol. The quantitative estimate of drug-likeness (QED) is 0.836. The summed E-state index contributed by atoms with van der Waals surface area (Å²) in [6.45, 7) is 5.96. The lowest BCUT2D eigenvalue weighted by atomic mass is 10.2. The Morgan fingerprint density at radius 3 is 2.42 bits per heavy atom. The van der Waals surface area contributed by atoms with E-state index in [-0.39, 0.29) is 6.10 Å². The predicted octanol–water partition coefficient (Wildman–Crippen LogP) is 4.16. The van der Waals surface area contributed by atoms with Crippen LogP contribution in [-0.2, 0) is 0 Å². The van der Waals surface area contributed by atoms with Gasteiger partial charge in [-0.15, -0.1) is 0 Å². The normalized spacial score (nSPS) is 10.5. The minimum Gasteiger partial charge on any atom is -0.489 e. The van der Waals surface area contributed by atoms with Crippen LogP contribution in [0, 0.1) is 6.92 Å². The van der Waals surface area contributed by atoms with Crippen LogP contribution >= 0.6 is 0 Å². The summed E-state index contributed by atoms with van der Waals surface area (Å²) in [5, 5.41) is 0. The van der Waals surface area contributed by atoms with Gasteiger partial charge in [0.15, 0.2) is 0 Å². The zero-order valence-corrected chi connectivity index (χ0v) is 11.5. The van der Waals surface area contributed by atoms with Gasteiger partial charge < -0.3 is 15.2 Å². The molecule has 0 amide bonds. The molecular weight excluding hydrogens is 238 g/mol.